The molecule has 20 heavy (non-hydrogen) atoms. The molecule has 1 amide bonds. The molecule has 0 aliphatic carbocycles. The molecule has 0 radical (unpaired) electrons. The number of rotatable bonds is 3. The summed E-state index contributed by atoms with van der Waals surface area (Å²) in [4.78, 5) is 13.8. The number of nitrogens with zero attached hydrogens (tertiary/aromatic N) is 2. The van der Waals surface area contributed by atoms with Crippen LogP contribution in [0.1, 0.15) is 18.4 Å². The van der Waals surface area contributed by atoms with Crippen LogP contribution < -0.4 is 0 Å². The van der Waals surface area contributed by atoms with Crippen LogP contribution in [0.3, 0.4) is 0 Å². The number of sulfonamides is 1. The lowest BCUT2D eigenvalue weighted by Crippen LogP contribution is -2.45. The number of likely N-dealkylation sites (N-methyl/N-ethyl adjacent to an activating group) is 1. The molecule has 1 saturated heterocycles. The summed E-state index contributed by atoms with van der Waals surface area (Å²) >= 11 is 0. The lowest BCUT2D eigenvalue weighted by Gasteiger charge is -2.25. The second kappa shape index (κ2) is 5.54. The van der Waals surface area contributed by atoms with E-state index in [9.17, 15) is 13.2 Å². The molecule has 0 saturated carbocycles. The maximum atomic E-state index is 12.6. The molecule has 2 rings (SSSR count). The van der Waals surface area contributed by atoms with Crippen molar-refractivity contribution in [3.05, 3.63) is 29.8 Å². The molecule has 6 heteroatoms. The normalized spacial score (nSPS) is 20.1. The van der Waals surface area contributed by atoms with Crippen LogP contribution >= 0.6 is 0 Å². The maximum Gasteiger partial charge on any atom is 0.243 e. The van der Waals surface area contributed by atoms with Crippen LogP contribution in [-0.2, 0) is 14.8 Å². The highest BCUT2D eigenvalue weighted by Gasteiger charge is 2.39. The number of aryl methyl sites for hydroxylation is 1. The minimum absolute atomic E-state index is 0.154. The zero-order chi connectivity index (χ0) is 14.9. The molecular weight excluding hydrogens is 276 g/mol. The van der Waals surface area contributed by atoms with Gasteiger partial charge in [-0.2, -0.15) is 4.31 Å². The van der Waals surface area contributed by atoms with Crippen molar-refractivity contribution in [2.24, 2.45) is 0 Å². The van der Waals surface area contributed by atoms with E-state index < -0.39 is 16.1 Å². The first-order valence-electron chi connectivity index (χ1n) is 6.63. The van der Waals surface area contributed by atoms with Crippen molar-refractivity contribution in [1.82, 2.24) is 9.21 Å². The minimum Gasteiger partial charge on any atom is -0.347 e. The highest BCUT2D eigenvalue weighted by atomic mass is 32.2. The van der Waals surface area contributed by atoms with Crippen LogP contribution in [0.4, 0.5) is 0 Å². The first kappa shape index (κ1) is 15.0. The van der Waals surface area contributed by atoms with Gasteiger partial charge in [0.25, 0.3) is 0 Å². The number of benzene rings is 1. The van der Waals surface area contributed by atoms with E-state index in [-0.39, 0.29) is 10.8 Å². The first-order chi connectivity index (χ1) is 9.34. The Kier molecular flexibility index (Phi) is 4.15. The SMILES string of the molecule is Cc1ccc(S(=O)(=O)N2CCC[C@H]2C(=O)N(C)C)cc1. The predicted octanol–water partition coefficient (Wildman–Crippen LogP) is 1.24. The topological polar surface area (TPSA) is 57.7 Å². The van der Waals surface area contributed by atoms with Gasteiger partial charge in [-0.1, -0.05) is 17.7 Å². The lowest BCUT2D eigenvalue weighted by atomic mass is 10.2. The third kappa shape index (κ3) is 2.71. The van der Waals surface area contributed by atoms with Crippen LogP contribution in [0.25, 0.3) is 0 Å². The molecule has 1 aliphatic heterocycles. The molecule has 0 bridgehead atoms. The van der Waals surface area contributed by atoms with Crippen molar-refractivity contribution in [2.75, 3.05) is 20.6 Å². The van der Waals surface area contributed by atoms with Gasteiger partial charge in [-0.3, -0.25) is 4.79 Å². The third-order valence-corrected chi connectivity index (χ3v) is 5.48. The van der Waals surface area contributed by atoms with Crippen LogP contribution in [0.2, 0.25) is 0 Å². The van der Waals surface area contributed by atoms with E-state index in [1.165, 1.54) is 9.21 Å². The summed E-state index contributed by atoms with van der Waals surface area (Å²) in [6, 6.07) is 6.16. The maximum absolute atomic E-state index is 12.6. The van der Waals surface area contributed by atoms with Gasteiger partial charge in [0.05, 0.1) is 4.90 Å². The molecule has 1 aromatic rings. The van der Waals surface area contributed by atoms with E-state index >= 15 is 0 Å². The molecule has 1 fully saturated rings. The van der Waals surface area contributed by atoms with Gasteiger partial charge in [0, 0.05) is 20.6 Å². The van der Waals surface area contributed by atoms with Gasteiger partial charge < -0.3 is 4.90 Å². The van der Waals surface area contributed by atoms with E-state index in [0.29, 0.717) is 13.0 Å². The van der Waals surface area contributed by atoms with Gasteiger partial charge in [0.15, 0.2) is 0 Å². The molecule has 1 aromatic carbocycles. The molecule has 0 N–H and O–H groups in total. The van der Waals surface area contributed by atoms with Gasteiger partial charge in [-0.25, -0.2) is 8.42 Å². The van der Waals surface area contributed by atoms with Crippen molar-refractivity contribution in [3.8, 4) is 0 Å². The van der Waals surface area contributed by atoms with Gasteiger partial charge in [0.2, 0.25) is 15.9 Å². The fourth-order valence-corrected chi connectivity index (χ4v) is 4.07. The standard InChI is InChI=1S/C14H20N2O3S/c1-11-6-8-12(9-7-11)20(18,19)16-10-4-5-13(16)14(17)15(2)3/h6-9,13H,4-5,10H2,1-3H3/t13-/m0/s1. The summed E-state index contributed by atoms with van der Waals surface area (Å²) in [7, 11) is -0.297. The first-order valence-corrected chi connectivity index (χ1v) is 8.07. The molecule has 0 aromatic heterocycles. The molecule has 0 unspecified atom stereocenters. The number of carbonyl (C=O) groups excluding carboxylic acids is 1. The van der Waals surface area contributed by atoms with Gasteiger partial charge in [-0.05, 0) is 31.9 Å². The number of carbonyl (C=O) groups is 1. The summed E-state index contributed by atoms with van der Waals surface area (Å²) in [5.74, 6) is -0.154. The van der Waals surface area contributed by atoms with Crippen LogP contribution in [0, 0.1) is 6.92 Å². The fraction of sp³-hybridized carbons (Fsp3) is 0.500. The summed E-state index contributed by atoms with van der Waals surface area (Å²) in [5.41, 5.74) is 1.01. The van der Waals surface area contributed by atoms with Crippen molar-refractivity contribution in [3.63, 3.8) is 0 Å². The monoisotopic (exact) mass is 296 g/mol. The van der Waals surface area contributed by atoms with Crippen molar-refractivity contribution in [1.29, 1.82) is 0 Å². The average Bonchev–Trinajstić information content (AvgIpc) is 2.88. The van der Waals surface area contributed by atoms with Crippen LogP contribution in [0.15, 0.2) is 29.2 Å². The van der Waals surface area contributed by atoms with Crippen molar-refractivity contribution in [2.45, 2.75) is 30.7 Å². The summed E-state index contributed by atoms with van der Waals surface area (Å²) in [6.45, 7) is 2.31. The zero-order valence-electron chi connectivity index (χ0n) is 12.0. The molecule has 5 nitrogen and oxygen atoms in total. The van der Waals surface area contributed by atoms with Crippen molar-refractivity contribution < 1.29 is 13.2 Å². The quantitative estimate of drug-likeness (QED) is 0.843. The molecule has 110 valence electrons. The zero-order valence-corrected chi connectivity index (χ0v) is 12.9. The summed E-state index contributed by atoms with van der Waals surface area (Å²) < 4.78 is 26.6. The van der Waals surface area contributed by atoms with Crippen LogP contribution in [-0.4, -0.2) is 50.2 Å². The second-order valence-corrected chi connectivity index (χ2v) is 7.21. The largest absolute Gasteiger partial charge is 0.347 e. The van der Waals surface area contributed by atoms with Gasteiger partial charge >= 0.3 is 0 Å². The van der Waals surface area contributed by atoms with E-state index in [4.69, 9.17) is 0 Å². The average molecular weight is 296 g/mol. The lowest BCUT2D eigenvalue weighted by molar-refractivity contribution is -0.132. The van der Waals surface area contributed by atoms with Crippen molar-refractivity contribution >= 4 is 15.9 Å². The Morgan fingerprint density at radius 1 is 1.25 bits per heavy atom. The van der Waals surface area contributed by atoms with Crippen LogP contribution in [0.5, 0.6) is 0 Å². The Labute approximate surface area is 120 Å². The molecular formula is C14H20N2O3S. The Morgan fingerprint density at radius 2 is 1.85 bits per heavy atom. The molecule has 1 heterocycles. The van der Waals surface area contributed by atoms with E-state index in [2.05, 4.69) is 0 Å². The highest BCUT2D eigenvalue weighted by molar-refractivity contribution is 7.89. The Bertz CT molecular complexity index is 593. The summed E-state index contributed by atoms with van der Waals surface area (Å²) in [5, 5.41) is 0. The van der Waals surface area contributed by atoms with E-state index in [1.54, 1.807) is 38.4 Å². The predicted molar refractivity (Wildman–Crippen MR) is 76.8 cm³/mol. The van der Waals surface area contributed by atoms with E-state index in [1.807, 2.05) is 6.92 Å². The van der Waals surface area contributed by atoms with Gasteiger partial charge in [-0.15, -0.1) is 0 Å². The Morgan fingerprint density at radius 3 is 2.40 bits per heavy atom. The minimum atomic E-state index is -3.60. The number of hydrogen-bond acceptors (Lipinski definition) is 3. The number of hydrogen-bond donors (Lipinski definition) is 0. The third-order valence-electron chi connectivity index (χ3n) is 3.56. The van der Waals surface area contributed by atoms with Gasteiger partial charge in [0.1, 0.15) is 6.04 Å². The Hall–Kier alpha value is -1.40. The molecule has 0 spiro atoms. The smallest absolute Gasteiger partial charge is 0.243 e. The number of amides is 1. The molecule has 1 atom stereocenters. The Balaban J connectivity index is 2.33. The summed E-state index contributed by atoms with van der Waals surface area (Å²) in [6.07, 6.45) is 1.30. The fourth-order valence-electron chi connectivity index (χ4n) is 2.42. The van der Waals surface area contributed by atoms with E-state index in [0.717, 1.165) is 12.0 Å². The highest BCUT2D eigenvalue weighted by Crippen LogP contribution is 2.27. The molecule has 1 aliphatic rings. The second-order valence-electron chi connectivity index (χ2n) is 5.32.